The van der Waals surface area contributed by atoms with Crippen molar-refractivity contribution in [3.8, 4) is 0 Å². The lowest BCUT2D eigenvalue weighted by Gasteiger charge is -2.23. The Kier molecular flexibility index (Phi) is 5.49. The summed E-state index contributed by atoms with van der Waals surface area (Å²) in [5.74, 6) is -0.151. The van der Waals surface area contributed by atoms with Crippen LogP contribution in [0.25, 0.3) is 0 Å². The highest BCUT2D eigenvalue weighted by atomic mass is 32.1. The second kappa shape index (κ2) is 7.59. The highest BCUT2D eigenvalue weighted by molar-refractivity contribution is 6.99. The summed E-state index contributed by atoms with van der Waals surface area (Å²) in [4.78, 5) is 14.0. The summed E-state index contributed by atoms with van der Waals surface area (Å²) in [7, 11) is 0. The van der Waals surface area contributed by atoms with Crippen molar-refractivity contribution in [3.63, 3.8) is 0 Å². The van der Waals surface area contributed by atoms with Crippen molar-refractivity contribution in [3.05, 3.63) is 42.2 Å². The lowest BCUT2D eigenvalue weighted by Crippen LogP contribution is -2.30. The first-order valence-corrected chi connectivity index (χ1v) is 7.40. The number of amides is 1. The molecule has 0 aliphatic rings. The summed E-state index contributed by atoms with van der Waals surface area (Å²) in [5.41, 5.74) is 1.61. The standard InChI is InChI=1S/C14H18N4OS/c1-2-18(12-7-4-3-5-8-12)10-6-9-15-14(19)13-11-16-20-17-13/h3-5,7-8,11H,2,6,9-10H2,1H3,(H,15,19). The SMILES string of the molecule is CCN(CCCNC(=O)c1cnsn1)c1ccccc1. The van der Waals surface area contributed by atoms with Gasteiger partial charge in [-0.3, -0.25) is 4.79 Å². The van der Waals surface area contributed by atoms with Gasteiger partial charge >= 0.3 is 0 Å². The molecule has 0 bridgehead atoms. The molecule has 0 saturated carbocycles. The van der Waals surface area contributed by atoms with Crippen LogP contribution in [0.15, 0.2) is 36.5 Å². The number of hydrogen-bond acceptors (Lipinski definition) is 5. The smallest absolute Gasteiger partial charge is 0.272 e. The minimum Gasteiger partial charge on any atom is -0.372 e. The molecule has 1 N–H and O–H groups in total. The third kappa shape index (κ3) is 4.03. The Bertz CT molecular complexity index is 515. The van der Waals surface area contributed by atoms with Gasteiger partial charge in [0.1, 0.15) is 0 Å². The molecular formula is C14H18N4OS. The van der Waals surface area contributed by atoms with E-state index >= 15 is 0 Å². The Labute approximate surface area is 123 Å². The van der Waals surface area contributed by atoms with Crippen LogP contribution in [-0.4, -0.2) is 34.3 Å². The van der Waals surface area contributed by atoms with Crippen molar-refractivity contribution in [2.75, 3.05) is 24.5 Å². The van der Waals surface area contributed by atoms with Crippen LogP contribution in [-0.2, 0) is 0 Å². The number of benzene rings is 1. The quantitative estimate of drug-likeness (QED) is 0.794. The normalized spacial score (nSPS) is 10.2. The first-order valence-electron chi connectivity index (χ1n) is 6.67. The summed E-state index contributed by atoms with van der Waals surface area (Å²) in [5, 5.41) is 2.85. The van der Waals surface area contributed by atoms with Crippen molar-refractivity contribution in [2.45, 2.75) is 13.3 Å². The van der Waals surface area contributed by atoms with Gasteiger partial charge < -0.3 is 10.2 Å². The highest BCUT2D eigenvalue weighted by Crippen LogP contribution is 2.12. The third-order valence-corrected chi connectivity index (χ3v) is 3.47. The predicted molar refractivity (Wildman–Crippen MR) is 81.2 cm³/mol. The Morgan fingerprint density at radius 2 is 2.15 bits per heavy atom. The number of nitrogens with one attached hydrogen (secondary N) is 1. The maximum atomic E-state index is 11.7. The van der Waals surface area contributed by atoms with Gasteiger partial charge in [-0.05, 0) is 25.5 Å². The van der Waals surface area contributed by atoms with Crippen molar-refractivity contribution >= 4 is 23.3 Å². The number of aromatic nitrogens is 2. The average Bonchev–Trinajstić information content (AvgIpc) is 3.02. The molecule has 5 nitrogen and oxygen atoms in total. The molecule has 0 spiro atoms. The summed E-state index contributed by atoms with van der Waals surface area (Å²) < 4.78 is 7.72. The first-order chi connectivity index (χ1) is 9.81. The molecule has 0 fully saturated rings. The van der Waals surface area contributed by atoms with Crippen LogP contribution in [0.1, 0.15) is 23.8 Å². The number of hydrogen-bond donors (Lipinski definition) is 1. The Hall–Kier alpha value is -1.95. The first kappa shape index (κ1) is 14.5. The van der Waals surface area contributed by atoms with Gasteiger partial charge in [-0.1, -0.05) is 18.2 Å². The molecule has 1 aromatic carbocycles. The summed E-state index contributed by atoms with van der Waals surface area (Å²) in [6, 6.07) is 10.3. The van der Waals surface area contributed by atoms with Crippen molar-refractivity contribution in [2.24, 2.45) is 0 Å². The molecule has 0 unspecified atom stereocenters. The van der Waals surface area contributed by atoms with Crippen LogP contribution in [0.2, 0.25) is 0 Å². The molecular weight excluding hydrogens is 272 g/mol. The van der Waals surface area contributed by atoms with E-state index in [2.05, 4.69) is 38.0 Å². The monoisotopic (exact) mass is 290 g/mol. The van der Waals surface area contributed by atoms with E-state index in [1.807, 2.05) is 18.2 Å². The molecule has 106 valence electrons. The zero-order valence-electron chi connectivity index (χ0n) is 11.5. The molecule has 0 aliphatic heterocycles. The summed E-state index contributed by atoms with van der Waals surface area (Å²) >= 11 is 1.04. The average molecular weight is 290 g/mol. The van der Waals surface area contributed by atoms with E-state index in [1.54, 1.807) is 0 Å². The number of para-hydroxylation sites is 1. The number of rotatable bonds is 7. The zero-order chi connectivity index (χ0) is 14.2. The lowest BCUT2D eigenvalue weighted by atomic mass is 10.2. The van der Waals surface area contributed by atoms with Crippen molar-refractivity contribution < 1.29 is 4.79 Å². The minimum absolute atomic E-state index is 0.151. The van der Waals surface area contributed by atoms with Crippen LogP contribution in [0, 0.1) is 0 Å². The van der Waals surface area contributed by atoms with Gasteiger partial charge in [0.15, 0.2) is 5.69 Å². The van der Waals surface area contributed by atoms with Crippen LogP contribution in [0.3, 0.4) is 0 Å². The molecule has 0 aliphatic carbocycles. The second-order valence-electron chi connectivity index (χ2n) is 4.32. The largest absolute Gasteiger partial charge is 0.372 e. The van der Waals surface area contributed by atoms with Crippen LogP contribution < -0.4 is 10.2 Å². The molecule has 1 aromatic heterocycles. The minimum atomic E-state index is -0.151. The second-order valence-corrected chi connectivity index (χ2v) is 4.87. The highest BCUT2D eigenvalue weighted by Gasteiger charge is 2.08. The number of nitrogens with zero attached hydrogens (tertiary/aromatic N) is 3. The van der Waals surface area contributed by atoms with Gasteiger partial charge in [-0.15, -0.1) is 0 Å². The number of carbonyl (C=O) groups excluding carboxylic acids is 1. The van der Waals surface area contributed by atoms with E-state index in [9.17, 15) is 4.79 Å². The van der Waals surface area contributed by atoms with Gasteiger partial charge in [0.2, 0.25) is 0 Å². The Morgan fingerprint density at radius 1 is 1.35 bits per heavy atom. The maximum absolute atomic E-state index is 11.7. The predicted octanol–water partition coefficient (Wildman–Crippen LogP) is 2.18. The lowest BCUT2D eigenvalue weighted by molar-refractivity contribution is 0.0949. The molecule has 0 radical (unpaired) electrons. The topological polar surface area (TPSA) is 58.1 Å². The fourth-order valence-corrected chi connectivity index (χ4v) is 2.35. The van der Waals surface area contributed by atoms with E-state index in [0.717, 1.165) is 31.2 Å². The Morgan fingerprint density at radius 3 is 2.80 bits per heavy atom. The maximum Gasteiger partial charge on any atom is 0.272 e. The van der Waals surface area contributed by atoms with Crippen LogP contribution >= 0.6 is 11.7 Å². The molecule has 2 rings (SSSR count). The number of carbonyl (C=O) groups is 1. The van der Waals surface area contributed by atoms with Gasteiger partial charge in [-0.2, -0.15) is 8.75 Å². The Balaban J connectivity index is 1.73. The van der Waals surface area contributed by atoms with Crippen molar-refractivity contribution in [1.82, 2.24) is 14.1 Å². The third-order valence-electron chi connectivity index (χ3n) is 2.99. The van der Waals surface area contributed by atoms with E-state index in [0.29, 0.717) is 12.2 Å². The van der Waals surface area contributed by atoms with Gasteiger partial charge in [0, 0.05) is 25.3 Å². The molecule has 0 atom stereocenters. The van der Waals surface area contributed by atoms with Crippen molar-refractivity contribution in [1.29, 1.82) is 0 Å². The molecule has 6 heteroatoms. The molecule has 1 amide bonds. The van der Waals surface area contributed by atoms with Gasteiger partial charge in [-0.25, -0.2) is 0 Å². The van der Waals surface area contributed by atoms with Gasteiger partial charge in [0.25, 0.3) is 5.91 Å². The molecule has 20 heavy (non-hydrogen) atoms. The zero-order valence-corrected chi connectivity index (χ0v) is 12.3. The molecule has 2 aromatic rings. The van der Waals surface area contributed by atoms with E-state index in [-0.39, 0.29) is 5.91 Å². The van der Waals surface area contributed by atoms with E-state index < -0.39 is 0 Å². The fraction of sp³-hybridized carbons (Fsp3) is 0.357. The molecule has 1 heterocycles. The summed E-state index contributed by atoms with van der Waals surface area (Å²) in [6.07, 6.45) is 2.38. The molecule has 0 saturated heterocycles. The van der Waals surface area contributed by atoms with E-state index in [4.69, 9.17) is 0 Å². The number of anilines is 1. The van der Waals surface area contributed by atoms with Crippen LogP contribution in [0.5, 0.6) is 0 Å². The fourth-order valence-electron chi connectivity index (χ4n) is 1.94. The van der Waals surface area contributed by atoms with Crippen LogP contribution in [0.4, 0.5) is 5.69 Å². The summed E-state index contributed by atoms with van der Waals surface area (Å²) in [6.45, 7) is 4.64. The van der Waals surface area contributed by atoms with E-state index in [1.165, 1.54) is 11.9 Å². The van der Waals surface area contributed by atoms with Gasteiger partial charge in [0.05, 0.1) is 17.9 Å².